The van der Waals surface area contributed by atoms with Gasteiger partial charge < -0.3 is 4.74 Å². The fraction of sp³-hybridized carbons (Fsp3) is 0.125. The summed E-state index contributed by atoms with van der Waals surface area (Å²) < 4.78 is 5.30. The summed E-state index contributed by atoms with van der Waals surface area (Å²) in [5.74, 6) is 2.95. The molecule has 0 heterocycles. The molecule has 0 aromatic heterocycles. The molecule has 0 spiro atoms. The van der Waals surface area contributed by atoms with Gasteiger partial charge in [-0.3, -0.25) is 0 Å². The van der Waals surface area contributed by atoms with Crippen LogP contribution in [0.15, 0.2) is 54.6 Å². The molecule has 0 aliphatic heterocycles. The molecule has 2 rings (SSSR count). The van der Waals surface area contributed by atoms with Crippen LogP contribution in [-0.4, -0.2) is 0 Å². The minimum atomic E-state index is 0.528. The van der Waals surface area contributed by atoms with Crippen LogP contribution >= 0.6 is 0 Å². The molecule has 0 fully saturated rings. The lowest BCUT2D eigenvalue weighted by atomic mass is 10.2. The largest absolute Gasteiger partial charge is 0.441 e. The number of hydrogen-bond donors (Lipinski definition) is 0. The topological polar surface area (TPSA) is 9.23 Å². The minimum absolute atomic E-state index is 0.528. The molecular weight excluding hydrogens is 208 g/mol. The van der Waals surface area contributed by atoms with Gasteiger partial charge in [-0.15, -0.1) is 0 Å². The number of hydrogen-bond acceptors (Lipinski definition) is 1. The van der Waals surface area contributed by atoms with Crippen molar-refractivity contribution in [2.45, 2.75) is 13.5 Å². The Morgan fingerprint density at radius 1 is 0.941 bits per heavy atom. The van der Waals surface area contributed by atoms with Gasteiger partial charge in [0.25, 0.3) is 0 Å². The Labute approximate surface area is 102 Å². The van der Waals surface area contributed by atoms with Gasteiger partial charge in [-0.05, 0) is 30.5 Å². The van der Waals surface area contributed by atoms with Gasteiger partial charge in [-0.25, -0.2) is 0 Å². The molecule has 0 aliphatic rings. The molecule has 1 nitrogen and oxygen atoms in total. The van der Waals surface area contributed by atoms with Gasteiger partial charge in [0.15, 0.2) is 0 Å². The summed E-state index contributed by atoms with van der Waals surface area (Å²) in [5, 5.41) is 0. The highest BCUT2D eigenvalue weighted by Crippen LogP contribution is 2.04. The van der Waals surface area contributed by atoms with E-state index in [4.69, 9.17) is 4.74 Å². The molecule has 0 saturated heterocycles. The van der Waals surface area contributed by atoms with Crippen LogP contribution in [0.3, 0.4) is 0 Å². The lowest BCUT2D eigenvalue weighted by molar-refractivity contribution is 0.265. The highest BCUT2D eigenvalue weighted by molar-refractivity contribution is 5.32. The summed E-state index contributed by atoms with van der Waals surface area (Å²) in [5.41, 5.74) is 3.36. The van der Waals surface area contributed by atoms with Crippen molar-refractivity contribution in [3.05, 3.63) is 71.3 Å². The minimum Gasteiger partial charge on any atom is -0.441 e. The van der Waals surface area contributed by atoms with Crippen LogP contribution in [-0.2, 0) is 11.3 Å². The predicted octanol–water partition coefficient (Wildman–Crippen LogP) is 3.52. The van der Waals surface area contributed by atoms with Gasteiger partial charge in [-0.2, -0.15) is 0 Å². The van der Waals surface area contributed by atoms with Crippen molar-refractivity contribution in [3.63, 3.8) is 0 Å². The Morgan fingerprint density at radius 3 is 2.35 bits per heavy atom. The number of ether oxygens (including phenoxy) is 1. The Hall–Kier alpha value is -2.20. The summed E-state index contributed by atoms with van der Waals surface area (Å²) in [4.78, 5) is 0. The molecule has 0 N–H and O–H groups in total. The molecular formula is C16H14O. The van der Waals surface area contributed by atoms with Crippen LogP contribution in [0.2, 0.25) is 0 Å². The summed E-state index contributed by atoms with van der Waals surface area (Å²) >= 11 is 0. The van der Waals surface area contributed by atoms with Crippen LogP contribution in [0.5, 0.6) is 0 Å². The molecule has 2 aromatic carbocycles. The van der Waals surface area contributed by atoms with Crippen molar-refractivity contribution in [3.8, 4) is 12.0 Å². The van der Waals surface area contributed by atoms with E-state index < -0.39 is 0 Å². The van der Waals surface area contributed by atoms with Crippen molar-refractivity contribution in [2.24, 2.45) is 0 Å². The highest BCUT2D eigenvalue weighted by Gasteiger charge is 1.90. The van der Waals surface area contributed by atoms with Crippen LogP contribution < -0.4 is 0 Å². The number of aryl methyl sites for hydroxylation is 1. The molecule has 0 unspecified atom stereocenters. The summed E-state index contributed by atoms with van der Waals surface area (Å²) in [6.07, 6.45) is 2.71. The Morgan fingerprint density at radius 2 is 1.65 bits per heavy atom. The van der Waals surface area contributed by atoms with Crippen LogP contribution in [0.4, 0.5) is 0 Å². The van der Waals surface area contributed by atoms with Crippen molar-refractivity contribution in [2.75, 3.05) is 0 Å². The van der Waals surface area contributed by atoms with Crippen LogP contribution in [0.25, 0.3) is 0 Å². The molecule has 0 radical (unpaired) electrons. The average Bonchev–Trinajstić information content (AvgIpc) is 2.38. The molecule has 0 aliphatic carbocycles. The second-order valence-electron chi connectivity index (χ2n) is 3.87. The van der Waals surface area contributed by atoms with E-state index in [1.54, 1.807) is 0 Å². The molecule has 2 aromatic rings. The first-order chi connectivity index (χ1) is 8.34. The third kappa shape index (κ3) is 3.70. The standard InChI is InChI=1S/C16H14O/c1-14-7-9-16(10-8-14)13-17-12-11-15-5-3-2-4-6-15/h2-10H,13H2,1H3. The molecule has 0 saturated carbocycles. The fourth-order valence-electron chi connectivity index (χ4n) is 1.42. The fourth-order valence-corrected chi connectivity index (χ4v) is 1.42. The normalized spacial score (nSPS) is 9.24. The summed E-state index contributed by atoms with van der Waals surface area (Å²) in [7, 11) is 0. The summed E-state index contributed by atoms with van der Waals surface area (Å²) in [6.45, 7) is 2.60. The van der Waals surface area contributed by atoms with Crippen LogP contribution in [0.1, 0.15) is 16.7 Å². The zero-order valence-electron chi connectivity index (χ0n) is 9.81. The molecule has 0 atom stereocenters. The number of rotatable bonds is 2. The first kappa shape index (κ1) is 11.3. The molecule has 17 heavy (non-hydrogen) atoms. The van der Waals surface area contributed by atoms with E-state index in [9.17, 15) is 0 Å². The van der Waals surface area contributed by atoms with E-state index in [1.807, 2.05) is 30.3 Å². The molecule has 0 bridgehead atoms. The van der Waals surface area contributed by atoms with Crippen molar-refractivity contribution >= 4 is 0 Å². The molecule has 84 valence electrons. The molecule has 1 heteroatoms. The Bertz CT molecular complexity index is 515. The summed E-state index contributed by atoms with van der Waals surface area (Å²) in [6, 6.07) is 18.1. The molecule has 0 amide bonds. The van der Waals surface area contributed by atoms with Crippen molar-refractivity contribution < 1.29 is 4.74 Å². The van der Waals surface area contributed by atoms with E-state index in [0.29, 0.717) is 6.61 Å². The first-order valence-electron chi connectivity index (χ1n) is 5.58. The second kappa shape index (κ2) is 5.77. The van der Waals surface area contributed by atoms with Gasteiger partial charge in [0.2, 0.25) is 0 Å². The lowest BCUT2D eigenvalue weighted by Gasteiger charge is -1.99. The van der Waals surface area contributed by atoms with Gasteiger partial charge in [-0.1, -0.05) is 48.0 Å². The Kier molecular flexibility index (Phi) is 3.83. The highest BCUT2D eigenvalue weighted by atomic mass is 16.5. The quantitative estimate of drug-likeness (QED) is 0.706. The smallest absolute Gasteiger partial charge is 0.125 e. The monoisotopic (exact) mass is 222 g/mol. The maximum atomic E-state index is 5.30. The third-order valence-electron chi connectivity index (χ3n) is 2.40. The van der Waals surface area contributed by atoms with E-state index in [0.717, 1.165) is 11.1 Å². The zero-order chi connectivity index (χ0) is 11.9. The first-order valence-corrected chi connectivity index (χ1v) is 5.58. The predicted molar refractivity (Wildman–Crippen MR) is 69.3 cm³/mol. The van der Waals surface area contributed by atoms with Gasteiger partial charge >= 0.3 is 0 Å². The van der Waals surface area contributed by atoms with E-state index >= 15 is 0 Å². The van der Waals surface area contributed by atoms with Crippen molar-refractivity contribution in [1.29, 1.82) is 0 Å². The van der Waals surface area contributed by atoms with E-state index in [2.05, 4.69) is 43.2 Å². The zero-order valence-corrected chi connectivity index (χ0v) is 9.81. The van der Waals surface area contributed by atoms with Crippen molar-refractivity contribution in [1.82, 2.24) is 0 Å². The van der Waals surface area contributed by atoms with Gasteiger partial charge in [0.1, 0.15) is 12.7 Å². The lowest BCUT2D eigenvalue weighted by Crippen LogP contribution is -1.86. The van der Waals surface area contributed by atoms with Crippen LogP contribution in [0, 0.1) is 19.0 Å². The third-order valence-corrected chi connectivity index (χ3v) is 2.40. The average molecular weight is 222 g/mol. The van der Waals surface area contributed by atoms with Gasteiger partial charge in [0.05, 0.1) is 0 Å². The number of benzene rings is 2. The van der Waals surface area contributed by atoms with E-state index in [1.165, 1.54) is 5.56 Å². The maximum Gasteiger partial charge on any atom is 0.125 e. The van der Waals surface area contributed by atoms with Gasteiger partial charge in [0, 0.05) is 5.56 Å². The second-order valence-corrected chi connectivity index (χ2v) is 3.87. The van der Waals surface area contributed by atoms with E-state index in [-0.39, 0.29) is 0 Å². The maximum absolute atomic E-state index is 5.30. The Balaban J connectivity index is 1.88. The SMILES string of the molecule is Cc1ccc(COC#Cc2ccccc2)cc1.